The number of phenols is 1. The zero-order valence-corrected chi connectivity index (χ0v) is 18.8. The number of benzene rings is 3. The average molecular weight is 456 g/mol. The fourth-order valence-electron chi connectivity index (χ4n) is 4.41. The minimum Gasteiger partial charge on any atom is -0.507 e. The number of phenolic OH excluding ortho intramolecular Hbond substituents is 1. The van der Waals surface area contributed by atoms with Gasteiger partial charge in [0.25, 0.3) is 5.91 Å². The summed E-state index contributed by atoms with van der Waals surface area (Å²) in [5, 5.41) is 17.8. The molecule has 1 aliphatic heterocycles. The van der Waals surface area contributed by atoms with Gasteiger partial charge in [-0.05, 0) is 48.4 Å². The number of hydrogen-bond acceptors (Lipinski definition) is 5. The second-order valence-electron chi connectivity index (χ2n) is 8.11. The molecule has 5 rings (SSSR count). The van der Waals surface area contributed by atoms with Crippen molar-refractivity contribution in [1.29, 1.82) is 0 Å². The molecule has 0 saturated heterocycles. The molecule has 7 nitrogen and oxygen atoms in total. The van der Waals surface area contributed by atoms with Crippen molar-refractivity contribution < 1.29 is 19.4 Å². The lowest BCUT2D eigenvalue weighted by Crippen LogP contribution is -2.31. The van der Waals surface area contributed by atoms with E-state index in [1.54, 1.807) is 25.3 Å². The highest BCUT2D eigenvalue weighted by atomic mass is 16.5. The van der Waals surface area contributed by atoms with E-state index in [9.17, 15) is 9.90 Å². The van der Waals surface area contributed by atoms with Crippen LogP contribution in [0.5, 0.6) is 17.2 Å². The van der Waals surface area contributed by atoms with Crippen molar-refractivity contribution in [3.8, 4) is 28.5 Å². The second kappa shape index (κ2) is 9.41. The first kappa shape index (κ1) is 21.7. The summed E-state index contributed by atoms with van der Waals surface area (Å²) in [7, 11) is 1.65. The Labute approximate surface area is 197 Å². The topological polar surface area (TPSA) is 87.7 Å². The number of methoxy groups -OCH3 is 1. The van der Waals surface area contributed by atoms with Gasteiger partial charge in [-0.3, -0.25) is 9.89 Å². The Balaban J connectivity index is 1.58. The standard InChI is InChI=1S/C27H25N3O4/c1-33-16-8-15-30-26(18-9-7-12-20(17-18)34-19-10-3-2-4-11-19)23-24(28-29-25(23)27(30)32)21-13-5-6-14-22(21)31/h2-7,9-14,17,26,31H,8,15-16H2,1H3,(H,28,29). The number of amides is 1. The number of H-pyrrole nitrogens is 1. The minimum atomic E-state index is -0.382. The molecule has 1 unspecified atom stereocenters. The Morgan fingerprint density at radius 1 is 1.00 bits per heavy atom. The number of hydrogen-bond donors (Lipinski definition) is 2. The fraction of sp³-hybridized carbons (Fsp3) is 0.185. The van der Waals surface area contributed by atoms with Crippen molar-refractivity contribution in [1.82, 2.24) is 15.1 Å². The highest BCUT2D eigenvalue weighted by molar-refractivity contribution is 6.00. The first-order valence-corrected chi connectivity index (χ1v) is 11.2. The molecule has 0 fully saturated rings. The maximum atomic E-state index is 13.4. The zero-order chi connectivity index (χ0) is 23.5. The number of carbonyl (C=O) groups excluding carboxylic acids is 1. The molecule has 0 spiro atoms. The monoisotopic (exact) mass is 455 g/mol. The molecule has 1 aliphatic rings. The first-order valence-electron chi connectivity index (χ1n) is 11.2. The van der Waals surface area contributed by atoms with E-state index in [1.165, 1.54) is 0 Å². The molecule has 172 valence electrons. The Hall–Kier alpha value is -4.10. The van der Waals surface area contributed by atoms with E-state index in [1.807, 2.05) is 65.6 Å². The minimum absolute atomic E-state index is 0.113. The summed E-state index contributed by atoms with van der Waals surface area (Å²) >= 11 is 0. The summed E-state index contributed by atoms with van der Waals surface area (Å²) in [4.78, 5) is 15.2. The number of aromatic amines is 1. The van der Waals surface area contributed by atoms with E-state index in [2.05, 4.69) is 10.2 Å². The molecule has 1 atom stereocenters. The number of rotatable bonds is 8. The van der Waals surface area contributed by atoms with Gasteiger partial charge in [0, 0.05) is 31.4 Å². The van der Waals surface area contributed by atoms with Crippen molar-refractivity contribution in [2.24, 2.45) is 0 Å². The Morgan fingerprint density at radius 3 is 2.56 bits per heavy atom. The van der Waals surface area contributed by atoms with Crippen molar-refractivity contribution in [3.05, 3.63) is 95.7 Å². The molecule has 0 saturated carbocycles. The van der Waals surface area contributed by atoms with Crippen LogP contribution in [0.1, 0.15) is 34.1 Å². The van der Waals surface area contributed by atoms with Gasteiger partial charge in [-0.1, -0.05) is 42.5 Å². The van der Waals surface area contributed by atoms with Crippen LogP contribution in [0.3, 0.4) is 0 Å². The van der Waals surface area contributed by atoms with Crippen molar-refractivity contribution in [2.45, 2.75) is 12.5 Å². The predicted molar refractivity (Wildman–Crippen MR) is 128 cm³/mol. The van der Waals surface area contributed by atoms with E-state index < -0.39 is 0 Å². The lowest BCUT2D eigenvalue weighted by Gasteiger charge is -2.26. The van der Waals surface area contributed by atoms with Crippen molar-refractivity contribution in [2.75, 3.05) is 20.3 Å². The maximum absolute atomic E-state index is 13.4. The van der Waals surface area contributed by atoms with E-state index in [4.69, 9.17) is 9.47 Å². The molecule has 7 heteroatoms. The lowest BCUT2D eigenvalue weighted by atomic mass is 9.95. The SMILES string of the molecule is COCCCN1C(=O)c2[nH]nc(-c3ccccc3O)c2C1c1cccc(Oc2ccccc2)c1. The molecule has 3 aromatic carbocycles. The summed E-state index contributed by atoms with van der Waals surface area (Å²) in [6.45, 7) is 1.07. The normalized spacial score (nSPS) is 14.9. The van der Waals surface area contributed by atoms with Gasteiger partial charge in [-0.2, -0.15) is 5.10 Å². The smallest absolute Gasteiger partial charge is 0.273 e. The number of aromatic nitrogens is 2. The largest absolute Gasteiger partial charge is 0.507 e. The molecule has 34 heavy (non-hydrogen) atoms. The van der Waals surface area contributed by atoms with Crippen LogP contribution < -0.4 is 4.74 Å². The molecule has 2 heterocycles. The number of nitrogens with zero attached hydrogens (tertiary/aromatic N) is 2. The van der Waals surface area contributed by atoms with Crippen LogP contribution in [0.25, 0.3) is 11.3 Å². The molecule has 0 aliphatic carbocycles. The second-order valence-corrected chi connectivity index (χ2v) is 8.11. The number of aromatic hydroxyl groups is 1. The maximum Gasteiger partial charge on any atom is 0.273 e. The molecule has 2 N–H and O–H groups in total. The number of carbonyl (C=O) groups is 1. The Kier molecular flexibility index (Phi) is 6.01. The number of ether oxygens (including phenoxy) is 2. The van der Waals surface area contributed by atoms with Gasteiger partial charge >= 0.3 is 0 Å². The molecule has 0 bridgehead atoms. The molecule has 1 aromatic heterocycles. The third kappa shape index (κ3) is 4.02. The average Bonchev–Trinajstić information content (AvgIpc) is 3.39. The Morgan fingerprint density at radius 2 is 1.76 bits per heavy atom. The van der Waals surface area contributed by atoms with Gasteiger partial charge in [0.2, 0.25) is 0 Å². The number of para-hydroxylation sites is 2. The van der Waals surface area contributed by atoms with E-state index in [0.717, 1.165) is 16.9 Å². The third-order valence-corrected chi connectivity index (χ3v) is 5.92. The predicted octanol–water partition coefficient (Wildman–Crippen LogP) is 5.16. The van der Waals surface area contributed by atoms with Crippen LogP contribution in [-0.2, 0) is 4.74 Å². The zero-order valence-electron chi connectivity index (χ0n) is 18.8. The summed E-state index contributed by atoms with van der Waals surface area (Å²) < 4.78 is 11.3. The highest BCUT2D eigenvalue weighted by Crippen LogP contribution is 2.45. The van der Waals surface area contributed by atoms with Crippen molar-refractivity contribution in [3.63, 3.8) is 0 Å². The quantitative estimate of drug-likeness (QED) is 0.359. The highest BCUT2D eigenvalue weighted by Gasteiger charge is 2.42. The fourth-order valence-corrected chi connectivity index (χ4v) is 4.41. The van der Waals surface area contributed by atoms with Gasteiger partial charge in [-0.25, -0.2) is 0 Å². The molecule has 1 amide bonds. The summed E-state index contributed by atoms with van der Waals surface area (Å²) in [5.41, 5.74) is 3.23. The summed E-state index contributed by atoms with van der Waals surface area (Å²) in [6.07, 6.45) is 0.697. The lowest BCUT2D eigenvalue weighted by molar-refractivity contribution is 0.0723. The van der Waals surface area contributed by atoms with Crippen LogP contribution in [0.4, 0.5) is 0 Å². The van der Waals surface area contributed by atoms with Crippen LogP contribution in [-0.4, -0.2) is 46.4 Å². The van der Waals surface area contributed by atoms with Crippen molar-refractivity contribution >= 4 is 5.91 Å². The van der Waals surface area contributed by atoms with Gasteiger partial charge in [-0.15, -0.1) is 0 Å². The van der Waals surface area contributed by atoms with Crippen LogP contribution in [0.2, 0.25) is 0 Å². The van der Waals surface area contributed by atoms with Gasteiger partial charge < -0.3 is 19.5 Å². The van der Waals surface area contributed by atoms with E-state index in [-0.39, 0.29) is 17.7 Å². The number of fused-ring (bicyclic) bond motifs is 1. The molecular weight excluding hydrogens is 430 g/mol. The molecular formula is C27H25N3O4. The van der Waals surface area contributed by atoms with Gasteiger partial charge in [0.05, 0.1) is 6.04 Å². The molecule has 0 radical (unpaired) electrons. The summed E-state index contributed by atoms with van der Waals surface area (Å²) in [6, 6.07) is 23.9. The van der Waals surface area contributed by atoms with Gasteiger partial charge in [0.1, 0.15) is 28.6 Å². The number of nitrogens with one attached hydrogen (secondary N) is 1. The third-order valence-electron chi connectivity index (χ3n) is 5.92. The first-order chi connectivity index (χ1) is 16.7. The Bertz CT molecular complexity index is 1300. The van der Waals surface area contributed by atoms with Crippen LogP contribution in [0, 0.1) is 0 Å². The van der Waals surface area contributed by atoms with Gasteiger partial charge in [0.15, 0.2) is 0 Å². The van der Waals surface area contributed by atoms with E-state index >= 15 is 0 Å². The van der Waals surface area contributed by atoms with Crippen LogP contribution >= 0.6 is 0 Å². The van der Waals surface area contributed by atoms with E-state index in [0.29, 0.717) is 42.3 Å². The molecule has 4 aromatic rings. The van der Waals surface area contributed by atoms with Crippen LogP contribution in [0.15, 0.2) is 78.9 Å². The summed E-state index contributed by atoms with van der Waals surface area (Å²) in [5.74, 6) is 1.40.